The van der Waals surface area contributed by atoms with Crippen LogP contribution in [0.4, 0.5) is 0 Å². The minimum atomic E-state index is -0.280. The van der Waals surface area contributed by atoms with Gasteiger partial charge in [0.1, 0.15) is 6.61 Å². The van der Waals surface area contributed by atoms with Gasteiger partial charge in [-0.25, -0.2) is 4.79 Å². The van der Waals surface area contributed by atoms with Crippen molar-refractivity contribution in [2.45, 2.75) is 43.9 Å². The summed E-state index contributed by atoms with van der Waals surface area (Å²) in [5.41, 5.74) is 0. The molecule has 1 aliphatic rings. The molecule has 1 aliphatic carbocycles. The first-order chi connectivity index (χ1) is 8.76. The van der Waals surface area contributed by atoms with Gasteiger partial charge in [0.05, 0.1) is 13.2 Å². The van der Waals surface area contributed by atoms with Crippen LogP contribution < -0.4 is 5.32 Å². The Morgan fingerprint density at radius 2 is 2.28 bits per heavy atom. The molecule has 0 aromatic heterocycles. The number of hydrogen-bond donors (Lipinski definition) is 1. The van der Waals surface area contributed by atoms with Crippen LogP contribution in [0.1, 0.15) is 32.6 Å². The summed E-state index contributed by atoms with van der Waals surface area (Å²) in [7, 11) is 0. The molecule has 0 spiro atoms. The molecule has 0 aromatic rings. The number of thioether (sulfide) groups is 1. The fourth-order valence-corrected chi connectivity index (χ4v) is 3.06. The lowest BCUT2D eigenvalue weighted by atomic mass is 9.95. The molecule has 5 heteroatoms. The number of ether oxygens (including phenoxy) is 2. The summed E-state index contributed by atoms with van der Waals surface area (Å²) in [4.78, 5) is 11.0. The van der Waals surface area contributed by atoms with Crippen molar-refractivity contribution in [2.75, 3.05) is 32.6 Å². The Morgan fingerprint density at radius 3 is 3.00 bits per heavy atom. The summed E-state index contributed by atoms with van der Waals surface area (Å²) < 4.78 is 10.0. The molecule has 106 valence electrons. The van der Waals surface area contributed by atoms with Crippen LogP contribution >= 0.6 is 11.8 Å². The Balaban J connectivity index is 1.98. The first-order valence-corrected chi connectivity index (χ1v) is 8.04. The van der Waals surface area contributed by atoms with E-state index in [0.29, 0.717) is 19.3 Å². The molecule has 0 bridgehead atoms. The number of esters is 1. The van der Waals surface area contributed by atoms with Crippen molar-refractivity contribution < 1.29 is 14.3 Å². The van der Waals surface area contributed by atoms with Crippen molar-refractivity contribution in [3.05, 3.63) is 0 Å². The van der Waals surface area contributed by atoms with E-state index in [-0.39, 0.29) is 12.6 Å². The predicted molar refractivity (Wildman–Crippen MR) is 75.0 cm³/mol. The monoisotopic (exact) mass is 275 g/mol. The van der Waals surface area contributed by atoms with Crippen molar-refractivity contribution in [2.24, 2.45) is 0 Å². The minimum absolute atomic E-state index is 0.0631. The third-order valence-corrected chi connectivity index (χ3v) is 4.26. The molecular formula is C13H25NO3S. The molecule has 1 saturated carbocycles. The van der Waals surface area contributed by atoms with Gasteiger partial charge >= 0.3 is 5.97 Å². The van der Waals surface area contributed by atoms with E-state index >= 15 is 0 Å². The van der Waals surface area contributed by atoms with E-state index in [1.54, 1.807) is 6.92 Å². The lowest BCUT2D eigenvalue weighted by Gasteiger charge is -2.28. The molecule has 0 aromatic carbocycles. The van der Waals surface area contributed by atoms with Gasteiger partial charge < -0.3 is 14.8 Å². The van der Waals surface area contributed by atoms with Crippen LogP contribution in [0.5, 0.6) is 0 Å². The van der Waals surface area contributed by atoms with Crippen LogP contribution in [0, 0.1) is 0 Å². The largest absolute Gasteiger partial charge is 0.464 e. The molecule has 2 atom stereocenters. The highest BCUT2D eigenvalue weighted by atomic mass is 32.2. The molecule has 2 unspecified atom stereocenters. The fourth-order valence-electron chi connectivity index (χ4n) is 2.24. The highest BCUT2D eigenvalue weighted by molar-refractivity contribution is 7.99. The van der Waals surface area contributed by atoms with Crippen LogP contribution in [0.25, 0.3) is 0 Å². The molecule has 0 saturated heterocycles. The van der Waals surface area contributed by atoms with Gasteiger partial charge in [-0.05, 0) is 32.4 Å². The zero-order valence-electron chi connectivity index (χ0n) is 11.4. The number of rotatable bonds is 8. The van der Waals surface area contributed by atoms with E-state index < -0.39 is 0 Å². The predicted octanol–water partition coefficient (Wildman–Crippen LogP) is 1.83. The minimum Gasteiger partial charge on any atom is -0.464 e. The Morgan fingerprint density at radius 1 is 1.44 bits per heavy atom. The van der Waals surface area contributed by atoms with Crippen molar-refractivity contribution in [1.82, 2.24) is 5.32 Å². The van der Waals surface area contributed by atoms with Crippen LogP contribution in [0.15, 0.2) is 0 Å². The normalized spacial score (nSPS) is 23.9. The molecule has 18 heavy (non-hydrogen) atoms. The van der Waals surface area contributed by atoms with Crippen LogP contribution in [0.2, 0.25) is 0 Å². The fraction of sp³-hybridized carbons (Fsp3) is 0.923. The maximum absolute atomic E-state index is 11.0. The molecule has 0 aliphatic heterocycles. The topological polar surface area (TPSA) is 47.6 Å². The summed E-state index contributed by atoms with van der Waals surface area (Å²) >= 11 is 1.97. The average Bonchev–Trinajstić information content (AvgIpc) is 2.39. The maximum Gasteiger partial charge on any atom is 0.332 e. The van der Waals surface area contributed by atoms with Gasteiger partial charge in [0.25, 0.3) is 0 Å². The number of carbonyl (C=O) groups excluding carboxylic acids is 1. The van der Waals surface area contributed by atoms with Gasteiger partial charge in [0.2, 0.25) is 0 Å². The van der Waals surface area contributed by atoms with Gasteiger partial charge in [0, 0.05) is 17.8 Å². The summed E-state index contributed by atoms with van der Waals surface area (Å²) in [6.45, 7) is 3.65. The standard InChI is InChI=1S/C13H25NO3S/c1-3-17-13(15)10-16-8-7-14-11-5-4-6-12(9-11)18-2/h11-12,14H,3-10H2,1-2H3. The third kappa shape index (κ3) is 6.61. The number of carbonyl (C=O) groups is 1. The van der Waals surface area contributed by atoms with Gasteiger partial charge in [-0.1, -0.05) is 6.42 Å². The van der Waals surface area contributed by atoms with Gasteiger partial charge in [0.15, 0.2) is 0 Å². The third-order valence-electron chi connectivity index (χ3n) is 3.16. The number of nitrogens with one attached hydrogen (secondary N) is 1. The zero-order chi connectivity index (χ0) is 13.2. The first kappa shape index (κ1) is 15.8. The van der Waals surface area contributed by atoms with E-state index in [1.807, 2.05) is 11.8 Å². The molecule has 1 fully saturated rings. The average molecular weight is 275 g/mol. The van der Waals surface area contributed by atoms with Crippen LogP contribution in [0.3, 0.4) is 0 Å². The van der Waals surface area contributed by atoms with Crippen molar-refractivity contribution in [1.29, 1.82) is 0 Å². The Labute approximate surface area is 114 Å². The zero-order valence-corrected chi connectivity index (χ0v) is 12.3. The van der Waals surface area contributed by atoms with Gasteiger partial charge in [-0.2, -0.15) is 11.8 Å². The first-order valence-electron chi connectivity index (χ1n) is 6.75. The second-order valence-corrected chi connectivity index (χ2v) is 5.67. The molecule has 0 amide bonds. The second kappa shape index (κ2) is 9.64. The summed E-state index contributed by atoms with van der Waals surface area (Å²) in [6.07, 6.45) is 7.36. The smallest absolute Gasteiger partial charge is 0.332 e. The highest BCUT2D eigenvalue weighted by Crippen LogP contribution is 2.26. The Bertz CT molecular complexity index is 238. The molecule has 0 heterocycles. The van der Waals surface area contributed by atoms with Crippen molar-refractivity contribution in [3.63, 3.8) is 0 Å². The van der Waals surface area contributed by atoms with Crippen molar-refractivity contribution >= 4 is 17.7 Å². The van der Waals surface area contributed by atoms with E-state index in [4.69, 9.17) is 9.47 Å². The lowest BCUT2D eigenvalue weighted by Crippen LogP contribution is -2.37. The van der Waals surface area contributed by atoms with Crippen LogP contribution in [-0.4, -0.2) is 49.9 Å². The van der Waals surface area contributed by atoms with Crippen molar-refractivity contribution in [3.8, 4) is 0 Å². The summed E-state index contributed by atoms with van der Waals surface area (Å²) in [5.74, 6) is -0.280. The van der Waals surface area contributed by atoms with E-state index in [1.165, 1.54) is 25.7 Å². The van der Waals surface area contributed by atoms with E-state index in [9.17, 15) is 4.79 Å². The quantitative estimate of drug-likeness (QED) is 0.541. The second-order valence-electron chi connectivity index (χ2n) is 4.53. The Hall–Kier alpha value is -0.260. The molecule has 1 rings (SSSR count). The summed E-state index contributed by atoms with van der Waals surface area (Å²) in [5, 5.41) is 4.30. The molecule has 0 radical (unpaired) electrons. The van der Waals surface area contributed by atoms with E-state index in [0.717, 1.165) is 11.8 Å². The molecule has 4 nitrogen and oxygen atoms in total. The Kier molecular flexibility index (Phi) is 8.46. The molecule has 1 N–H and O–H groups in total. The summed E-state index contributed by atoms with van der Waals surface area (Å²) in [6, 6.07) is 0.613. The lowest BCUT2D eigenvalue weighted by molar-refractivity contribution is -0.148. The van der Waals surface area contributed by atoms with Gasteiger partial charge in [-0.3, -0.25) is 0 Å². The van der Waals surface area contributed by atoms with Crippen LogP contribution in [-0.2, 0) is 14.3 Å². The highest BCUT2D eigenvalue weighted by Gasteiger charge is 2.20. The van der Waals surface area contributed by atoms with E-state index in [2.05, 4.69) is 11.6 Å². The SMILES string of the molecule is CCOC(=O)COCCNC1CCCC(SC)C1. The number of hydrogen-bond acceptors (Lipinski definition) is 5. The molecular weight excluding hydrogens is 250 g/mol. The van der Waals surface area contributed by atoms with Gasteiger partial charge in [-0.15, -0.1) is 0 Å². The maximum atomic E-state index is 11.0.